The molecule has 0 atom stereocenters. The van der Waals surface area contributed by atoms with E-state index in [9.17, 15) is 13.2 Å². The summed E-state index contributed by atoms with van der Waals surface area (Å²) >= 11 is 0. The van der Waals surface area contributed by atoms with Crippen molar-refractivity contribution in [2.24, 2.45) is 0 Å². The number of hydrogen-bond acceptors (Lipinski definition) is 5. The number of ether oxygens (including phenoxy) is 2. The first-order valence-electron chi connectivity index (χ1n) is 9.59. The van der Waals surface area contributed by atoms with E-state index in [0.29, 0.717) is 30.3 Å². The van der Waals surface area contributed by atoms with Crippen LogP contribution in [0.3, 0.4) is 0 Å². The summed E-state index contributed by atoms with van der Waals surface area (Å²) in [7, 11) is -3.57. The Balaban J connectivity index is 1.66. The number of sulfonamides is 1. The molecule has 0 fully saturated rings. The lowest BCUT2D eigenvalue weighted by molar-refractivity contribution is 0.0734. The van der Waals surface area contributed by atoms with Crippen LogP contribution in [0.25, 0.3) is 0 Å². The fourth-order valence-corrected chi connectivity index (χ4v) is 4.30. The van der Waals surface area contributed by atoms with E-state index in [-0.39, 0.29) is 10.5 Å². The molecular formula is C23H23NO5S. The van der Waals surface area contributed by atoms with E-state index in [1.165, 1.54) is 28.6 Å². The van der Waals surface area contributed by atoms with E-state index >= 15 is 0 Å². The minimum Gasteiger partial charge on any atom is -0.457 e. The Kier molecular flexibility index (Phi) is 6.87. The topological polar surface area (TPSA) is 72.9 Å². The van der Waals surface area contributed by atoms with Gasteiger partial charge >= 0.3 is 5.97 Å². The highest BCUT2D eigenvalue weighted by Crippen LogP contribution is 2.24. The normalized spacial score (nSPS) is 11.3. The second-order valence-corrected chi connectivity index (χ2v) is 8.33. The molecule has 0 saturated carbocycles. The molecule has 0 bridgehead atoms. The molecule has 0 aliphatic heterocycles. The van der Waals surface area contributed by atoms with Crippen molar-refractivity contribution >= 4 is 16.0 Å². The molecule has 30 heavy (non-hydrogen) atoms. The van der Waals surface area contributed by atoms with Gasteiger partial charge in [-0.15, -0.1) is 0 Å². The van der Waals surface area contributed by atoms with Crippen LogP contribution in [0.4, 0.5) is 0 Å². The largest absolute Gasteiger partial charge is 0.457 e. The molecule has 0 heterocycles. The zero-order valence-electron chi connectivity index (χ0n) is 16.8. The van der Waals surface area contributed by atoms with Gasteiger partial charge in [0.05, 0.1) is 10.5 Å². The summed E-state index contributed by atoms with van der Waals surface area (Å²) in [6.45, 7) is 4.32. The molecule has 0 saturated heterocycles. The fourth-order valence-electron chi connectivity index (χ4n) is 2.84. The number of carbonyl (C=O) groups is 1. The number of carbonyl (C=O) groups excluding carboxylic acids is 1. The highest BCUT2D eigenvalue weighted by Gasteiger charge is 2.22. The molecule has 0 unspecified atom stereocenters. The van der Waals surface area contributed by atoms with E-state index in [4.69, 9.17) is 9.47 Å². The summed E-state index contributed by atoms with van der Waals surface area (Å²) in [5.74, 6) is 1.12. The summed E-state index contributed by atoms with van der Waals surface area (Å²) in [5, 5.41) is 0. The minimum absolute atomic E-state index is 0.144. The van der Waals surface area contributed by atoms with Crippen LogP contribution in [-0.2, 0) is 10.0 Å². The molecule has 156 valence electrons. The quantitative estimate of drug-likeness (QED) is 0.385. The SMILES string of the molecule is CCN(CC)S(=O)(=O)c1ccc(C(=O)Oc2ccc(Oc3ccccc3)cc2)cc1. The summed E-state index contributed by atoms with van der Waals surface area (Å²) in [4.78, 5) is 12.5. The van der Waals surface area contributed by atoms with Crippen molar-refractivity contribution in [3.05, 3.63) is 84.4 Å². The van der Waals surface area contributed by atoms with Crippen LogP contribution in [0.1, 0.15) is 24.2 Å². The number of rotatable bonds is 8. The lowest BCUT2D eigenvalue weighted by atomic mass is 10.2. The summed E-state index contributed by atoms with van der Waals surface area (Å²) in [6, 6.07) is 21.8. The number of hydrogen-bond donors (Lipinski definition) is 0. The van der Waals surface area contributed by atoms with Gasteiger partial charge in [-0.25, -0.2) is 13.2 Å². The van der Waals surface area contributed by atoms with Crippen LogP contribution in [0, 0.1) is 0 Å². The summed E-state index contributed by atoms with van der Waals surface area (Å²) in [5.41, 5.74) is 0.262. The average molecular weight is 426 g/mol. The number of esters is 1. The molecule has 0 aromatic heterocycles. The maximum Gasteiger partial charge on any atom is 0.343 e. The van der Waals surface area contributed by atoms with Crippen molar-refractivity contribution in [2.75, 3.05) is 13.1 Å². The molecule has 3 aromatic rings. The zero-order chi connectivity index (χ0) is 21.6. The van der Waals surface area contributed by atoms with E-state index < -0.39 is 16.0 Å². The maximum absolute atomic E-state index is 12.5. The predicted octanol–water partition coefficient (Wildman–Crippen LogP) is 4.73. The highest BCUT2D eigenvalue weighted by molar-refractivity contribution is 7.89. The third-order valence-corrected chi connectivity index (χ3v) is 6.51. The molecule has 0 aliphatic carbocycles. The van der Waals surface area contributed by atoms with Gasteiger partial charge in [-0.3, -0.25) is 0 Å². The number of benzene rings is 3. The zero-order valence-corrected chi connectivity index (χ0v) is 17.6. The van der Waals surface area contributed by atoms with Gasteiger partial charge in [-0.2, -0.15) is 4.31 Å². The Morgan fingerprint density at radius 1 is 0.767 bits per heavy atom. The van der Waals surface area contributed by atoms with Crippen LogP contribution in [0.15, 0.2) is 83.8 Å². The van der Waals surface area contributed by atoms with Gasteiger partial charge in [0.25, 0.3) is 0 Å². The van der Waals surface area contributed by atoms with E-state index in [0.717, 1.165) is 0 Å². The van der Waals surface area contributed by atoms with Gasteiger partial charge < -0.3 is 9.47 Å². The number of nitrogens with zero attached hydrogens (tertiary/aromatic N) is 1. The first kappa shape index (κ1) is 21.5. The average Bonchev–Trinajstić information content (AvgIpc) is 2.76. The van der Waals surface area contributed by atoms with Crippen LogP contribution in [0.2, 0.25) is 0 Å². The first-order chi connectivity index (χ1) is 14.4. The van der Waals surface area contributed by atoms with Gasteiger partial charge in [0.15, 0.2) is 0 Å². The fraction of sp³-hybridized carbons (Fsp3) is 0.174. The smallest absolute Gasteiger partial charge is 0.343 e. The Labute approximate surface area is 176 Å². The molecule has 0 spiro atoms. The highest BCUT2D eigenvalue weighted by atomic mass is 32.2. The molecular weight excluding hydrogens is 402 g/mol. The Morgan fingerprint density at radius 3 is 1.87 bits per heavy atom. The van der Waals surface area contributed by atoms with Crippen LogP contribution < -0.4 is 9.47 Å². The molecule has 3 rings (SSSR count). The van der Waals surface area contributed by atoms with Crippen molar-refractivity contribution in [3.8, 4) is 17.2 Å². The van der Waals surface area contributed by atoms with Crippen LogP contribution >= 0.6 is 0 Å². The lowest BCUT2D eigenvalue weighted by Crippen LogP contribution is -2.30. The third kappa shape index (κ3) is 5.06. The van der Waals surface area contributed by atoms with Crippen molar-refractivity contribution in [3.63, 3.8) is 0 Å². The Morgan fingerprint density at radius 2 is 1.30 bits per heavy atom. The second-order valence-electron chi connectivity index (χ2n) is 6.39. The van der Waals surface area contributed by atoms with Gasteiger partial charge in [0.1, 0.15) is 17.2 Å². The van der Waals surface area contributed by atoms with Crippen molar-refractivity contribution in [1.29, 1.82) is 0 Å². The Hall–Kier alpha value is -3.16. The van der Waals surface area contributed by atoms with Gasteiger partial charge in [0.2, 0.25) is 10.0 Å². The van der Waals surface area contributed by atoms with Crippen molar-refractivity contribution < 1.29 is 22.7 Å². The van der Waals surface area contributed by atoms with E-state index in [2.05, 4.69) is 0 Å². The van der Waals surface area contributed by atoms with E-state index in [1.807, 2.05) is 30.3 Å². The third-order valence-electron chi connectivity index (χ3n) is 4.45. The molecule has 6 nitrogen and oxygen atoms in total. The second kappa shape index (κ2) is 9.56. The molecule has 0 aliphatic rings. The lowest BCUT2D eigenvalue weighted by Gasteiger charge is -2.18. The van der Waals surface area contributed by atoms with E-state index in [1.54, 1.807) is 38.1 Å². The predicted molar refractivity (Wildman–Crippen MR) is 114 cm³/mol. The molecule has 0 amide bonds. The summed E-state index contributed by atoms with van der Waals surface area (Å²) < 4.78 is 37.5. The molecule has 3 aromatic carbocycles. The van der Waals surface area contributed by atoms with Gasteiger partial charge in [0, 0.05) is 13.1 Å². The Bertz CT molecular complexity index is 1070. The summed E-state index contributed by atoms with van der Waals surface area (Å²) in [6.07, 6.45) is 0. The van der Waals surface area contributed by atoms with Crippen molar-refractivity contribution in [1.82, 2.24) is 4.31 Å². The number of para-hydroxylation sites is 1. The molecule has 7 heteroatoms. The van der Waals surface area contributed by atoms with Gasteiger partial charge in [-0.05, 0) is 60.7 Å². The maximum atomic E-state index is 12.5. The van der Waals surface area contributed by atoms with Crippen LogP contribution in [-0.4, -0.2) is 31.8 Å². The first-order valence-corrected chi connectivity index (χ1v) is 11.0. The van der Waals surface area contributed by atoms with Crippen LogP contribution in [0.5, 0.6) is 17.2 Å². The molecule has 0 N–H and O–H groups in total. The monoisotopic (exact) mass is 425 g/mol. The van der Waals surface area contributed by atoms with Crippen molar-refractivity contribution in [2.45, 2.75) is 18.7 Å². The van der Waals surface area contributed by atoms with Gasteiger partial charge in [-0.1, -0.05) is 32.0 Å². The standard InChI is InChI=1S/C23H23NO5S/c1-3-24(4-2)30(26,27)22-16-10-18(11-17-22)23(25)29-21-14-12-20(13-15-21)28-19-8-6-5-7-9-19/h5-17H,3-4H2,1-2H3. The molecule has 0 radical (unpaired) electrons. The minimum atomic E-state index is -3.57.